The third kappa shape index (κ3) is 3.48. The van der Waals surface area contributed by atoms with E-state index in [1.165, 1.54) is 22.8 Å². The van der Waals surface area contributed by atoms with Gasteiger partial charge in [-0.15, -0.1) is 0 Å². The average molecular weight is 379 g/mol. The van der Waals surface area contributed by atoms with Crippen molar-refractivity contribution in [1.29, 1.82) is 0 Å². The number of halogens is 3. The number of hydrogen-bond donors (Lipinski definition) is 1. The summed E-state index contributed by atoms with van der Waals surface area (Å²) in [6.45, 7) is 0.752. The van der Waals surface area contributed by atoms with Crippen LogP contribution in [0.25, 0.3) is 16.6 Å². The number of aliphatic hydroxyl groups is 1. The third-order valence-electron chi connectivity index (χ3n) is 4.14. The Morgan fingerprint density at radius 1 is 1.23 bits per heavy atom. The van der Waals surface area contributed by atoms with Gasteiger partial charge in [0.1, 0.15) is 0 Å². The summed E-state index contributed by atoms with van der Waals surface area (Å²) in [4.78, 5) is 16.8. The van der Waals surface area contributed by atoms with Crippen LogP contribution in [0.3, 0.4) is 0 Å². The number of alkyl halides is 2. The number of hydrogen-bond acceptors (Lipinski definition) is 3. The van der Waals surface area contributed by atoms with E-state index in [0.29, 0.717) is 40.1 Å². The molecule has 26 heavy (non-hydrogen) atoms. The number of nitrogens with zero attached hydrogens (tertiary/aromatic N) is 2. The van der Waals surface area contributed by atoms with Gasteiger partial charge in [0.25, 0.3) is 5.92 Å². The van der Waals surface area contributed by atoms with Crippen LogP contribution in [0.5, 0.6) is 0 Å². The topological polar surface area (TPSA) is 55.1 Å². The fourth-order valence-electron chi connectivity index (χ4n) is 2.87. The molecule has 7 heteroatoms. The van der Waals surface area contributed by atoms with E-state index in [0.717, 1.165) is 6.92 Å². The Kier molecular flexibility index (Phi) is 5.07. The first-order valence-corrected chi connectivity index (χ1v) is 8.50. The highest BCUT2D eigenvalue weighted by molar-refractivity contribution is 6.32. The van der Waals surface area contributed by atoms with E-state index in [2.05, 4.69) is 4.98 Å². The highest BCUT2D eigenvalue weighted by Gasteiger charge is 2.25. The maximum Gasteiger partial charge on any atom is 0.352 e. The van der Waals surface area contributed by atoms with E-state index in [1.807, 2.05) is 0 Å². The van der Waals surface area contributed by atoms with Gasteiger partial charge in [0.05, 0.1) is 21.9 Å². The van der Waals surface area contributed by atoms with Crippen LogP contribution < -0.4 is 5.69 Å². The summed E-state index contributed by atoms with van der Waals surface area (Å²) < 4.78 is 28.9. The van der Waals surface area contributed by atoms with Crippen molar-refractivity contribution in [1.82, 2.24) is 9.55 Å². The quantitative estimate of drug-likeness (QED) is 0.728. The number of fused-ring (bicyclic) bond motifs is 1. The maximum absolute atomic E-state index is 13.8. The maximum atomic E-state index is 13.8. The van der Waals surface area contributed by atoms with Crippen molar-refractivity contribution in [2.75, 3.05) is 6.61 Å². The second-order valence-electron chi connectivity index (χ2n) is 6.08. The van der Waals surface area contributed by atoms with E-state index in [4.69, 9.17) is 16.7 Å². The van der Waals surface area contributed by atoms with Crippen molar-refractivity contribution < 1.29 is 13.9 Å². The van der Waals surface area contributed by atoms with Crippen LogP contribution in [-0.4, -0.2) is 21.3 Å². The van der Waals surface area contributed by atoms with Gasteiger partial charge in [-0.3, -0.25) is 4.57 Å². The zero-order chi connectivity index (χ0) is 18.9. The van der Waals surface area contributed by atoms with Crippen molar-refractivity contribution in [3.8, 4) is 5.69 Å². The Balaban J connectivity index is 2.38. The third-order valence-corrected chi connectivity index (χ3v) is 4.46. The Bertz CT molecular complexity index is 1010. The minimum atomic E-state index is -3.05. The molecule has 4 nitrogen and oxygen atoms in total. The lowest BCUT2D eigenvalue weighted by atomic mass is 10.0. The minimum Gasteiger partial charge on any atom is -0.396 e. The van der Waals surface area contributed by atoms with Gasteiger partial charge in [-0.1, -0.05) is 35.9 Å². The number of benzene rings is 2. The van der Waals surface area contributed by atoms with Crippen molar-refractivity contribution >= 4 is 22.5 Å². The highest BCUT2D eigenvalue weighted by atomic mass is 35.5. The van der Waals surface area contributed by atoms with E-state index < -0.39 is 11.6 Å². The molecule has 3 rings (SSSR count). The molecule has 0 aliphatic rings. The van der Waals surface area contributed by atoms with Crippen LogP contribution >= 0.6 is 11.6 Å². The van der Waals surface area contributed by atoms with Crippen LogP contribution in [0.15, 0.2) is 47.3 Å². The first kappa shape index (κ1) is 18.5. The summed E-state index contributed by atoms with van der Waals surface area (Å²) in [5.41, 5.74) is 0.347. The fourth-order valence-corrected chi connectivity index (χ4v) is 3.09. The van der Waals surface area contributed by atoms with Crippen molar-refractivity contribution in [2.24, 2.45) is 0 Å². The predicted molar refractivity (Wildman–Crippen MR) is 97.3 cm³/mol. The first-order chi connectivity index (χ1) is 12.3. The van der Waals surface area contributed by atoms with Gasteiger partial charge in [0.2, 0.25) is 0 Å². The summed E-state index contributed by atoms with van der Waals surface area (Å²) in [5.74, 6) is -3.05. The SMILES string of the molecule is CC(F)(F)c1ccc2c(CCCO)nc(=O)n(-c3ccccc3Cl)c2c1. The molecule has 2 aromatic carbocycles. The molecule has 0 unspecified atom stereocenters. The summed E-state index contributed by atoms with van der Waals surface area (Å²) in [5, 5.41) is 9.95. The van der Waals surface area contributed by atoms with Gasteiger partial charge in [-0.25, -0.2) is 13.6 Å². The number of para-hydroxylation sites is 1. The van der Waals surface area contributed by atoms with Gasteiger partial charge in [0, 0.05) is 24.5 Å². The van der Waals surface area contributed by atoms with Crippen LogP contribution in [-0.2, 0) is 12.3 Å². The molecule has 136 valence electrons. The minimum absolute atomic E-state index is 0.0537. The van der Waals surface area contributed by atoms with Gasteiger partial charge in [-0.05, 0) is 31.0 Å². The monoisotopic (exact) mass is 378 g/mol. The summed E-state index contributed by atoms with van der Waals surface area (Å²) in [7, 11) is 0. The molecule has 0 saturated carbocycles. The standard InChI is InChI=1S/C19H17ClF2N2O2/c1-19(21,22)12-8-9-13-15(6-4-10-25)23-18(26)24(17(13)11-12)16-7-3-2-5-14(16)20/h2-3,5,7-9,11,25H,4,6,10H2,1H3. The molecule has 0 saturated heterocycles. The van der Waals surface area contributed by atoms with Crippen molar-refractivity contribution in [3.05, 3.63) is 69.2 Å². The van der Waals surface area contributed by atoms with Crippen molar-refractivity contribution in [3.63, 3.8) is 0 Å². The lowest BCUT2D eigenvalue weighted by molar-refractivity contribution is 0.0176. The second-order valence-corrected chi connectivity index (χ2v) is 6.48. The average Bonchev–Trinajstić information content (AvgIpc) is 2.59. The number of aryl methyl sites for hydroxylation is 1. The molecule has 0 bridgehead atoms. The Morgan fingerprint density at radius 2 is 1.96 bits per heavy atom. The fraction of sp³-hybridized carbons (Fsp3) is 0.263. The molecular formula is C19H17ClF2N2O2. The van der Waals surface area contributed by atoms with E-state index in [1.54, 1.807) is 24.3 Å². The smallest absolute Gasteiger partial charge is 0.352 e. The Hall–Kier alpha value is -2.31. The molecule has 0 aliphatic heterocycles. The molecule has 0 amide bonds. The molecule has 1 aromatic heterocycles. The Morgan fingerprint density at radius 3 is 2.62 bits per heavy atom. The van der Waals surface area contributed by atoms with E-state index in [9.17, 15) is 13.6 Å². The summed E-state index contributed by atoms with van der Waals surface area (Å²) >= 11 is 6.22. The summed E-state index contributed by atoms with van der Waals surface area (Å²) in [6.07, 6.45) is 0.788. The van der Waals surface area contributed by atoms with Gasteiger partial charge >= 0.3 is 5.69 Å². The molecule has 0 radical (unpaired) electrons. The molecule has 0 fully saturated rings. The van der Waals surface area contributed by atoms with Gasteiger partial charge < -0.3 is 5.11 Å². The zero-order valence-electron chi connectivity index (χ0n) is 14.0. The first-order valence-electron chi connectivity index (χ1n) is 8.12. The number of aliphatic hydroxyl groups excluding tert-OH is 1. The zero-order valence-corrected chi connectivity index (χ0v) is 14.8. The second kappa shape index (κ2) is 7.13. The molecule has 3 aromatic rings. The van der Waals surface area contributed by atoms with Crippen LogP contribution in [0, 0.1) is 0 Å². The van der Waals surface area contributed by atoms with Crippen LogP contribution in [0.2, 0.25) is 5.02 Å². The van der Waals surface area contributed by atoms with Crippen LogP contribution in [0.1, 0.15) is 24.6 Å². The van der Waals surface area contributed by atoms with E-state index in [-0.39, 0.29) is 12.2 Å². The molecular weight excluding hydrogens is 362 g/mol. The molecule has 1 heterocycles. The van der Waals surface area contributed by atoms with E-state index >= 15 is 0 Å². The number of rotatable bonds is 5. The lowest BCUT2D eigenvalue weighted by Gasteiger charge is -2.17. The normalized spacial score (nSPS) is 11.9. The molecule has 0 atom stereocenters. The van der Waals surface area contributed by atoms with Crippen LogP contribution in [0.4, 0.5) is 8.78 Å². The summed E-state index contributed by atoms with van der Waals surface area (Å²) in [6, 6.07) is 10.8. The highest BCUT2D eigenvalue weighted by Crippen LogP contribution is 2.31. The molecule has 0 spiro atoms. The number of aromatic nitrogens is 2. The largest absolute Gasteiger partial charge is 0.396 e. The predicted octanol–water partition coefficient (Wildman–Crippen LogP) is 4.08. The Labute approximate surface area is 153 Å². The molecule has 1 N–H and O–H groups in total. The molecule has 0 aliphatic carbocycles. The van der Waals surface area contributed by atoms with Gasteiger partial charge in [0.15, 0.2) is 0 Å². The lowest BCUT2D eigenvalue weighted by Crippen LogP contribution is -2.24. The van der Waals surface area contributed by atoms with Crippen molar-refractivity contribution in [2.45, 2.75) is 25.7 Å². The van der Waals surface area contributed by atoms with Gasteiger partial charge in [-0.2, -0.15) is 4.98 Å².